The molecule has 7 nitrogen and oxygen atoms in total. The summed E-state index contributed by atoms with van der Waals surface area (Å²) in [6.07, 6.45) is 1.47. The van der Waals surface area contributed by atoms with Gasteiger partial charge in [0.15, 0.2) is 11.5 Å². The van der Waals surface area contributed by atoms with E-state index in [4.69, 9.17) is 14.3 Å². The second kappa shape index (κ2) is 8.77. The Hall–Kier alpha value is -3.74. The molecule has 0 saturated carbocycles. The van der Waals surface area contributed by atoms with Crippen LogP contribution in [0.15, 0.2) is 71.7 Å². The third-order valence-electron chi connectivity index (χ3n) is 4.01. The van der Waals surface area contributed by atoms with Gasteiger partial charge in [-0.05, 0) is 29.8 Å². The largest absolute Gasteiger partial charge is 0.493 e. The predicted octanol–water partition coefficient (Wildman–Crippen LogP) is 2.75. The molecule has 3 aromatic rings. The molecule has 0 saturated heterocycles. The predicted molar refractivity (Wildman–Crippen MR) is 105 cm³/mol. The monoisotopic (exact) mass is 380 g/mol. The van der Waals surface area contributed by atoms with Crippen LogP contribution >= 0.6 is 0 Å². The quantitative estimate of drug-likeness (QED) is 0.682. The second-order valence-corrected chi connectivity index (χ2v) is 5.84. The van der Waals surface area contributed by atoms with Gasteiger partial charge in [0, 0.05) is 18.0 Å². The molecule has 0 atom stereocenters. The molecule has 7 heteroatoms. The summed E-state index contributed by atoms with van der Waals surface area (Å²) in [5.74, 6) is 0.462. The van der Waals surface area contributed by atoms with Crippen molar-refractivity contribution in [3.63, 3.8) is 0 Å². The van der Waals surface area contributed by atoms with Gasteiger partial charge in [0.05, 0.1) is 14.2 Å². The van der Waals surface area contributed by atoms with Crippen molar-refractivity contribution in [3.05, 3.63) is 88.3 Å². The van der Waals surface area contributed by atoms with Crippen LogP contribution in [0.4, 0.5) is 5.69 Å². The minimum absolute atomic E-state index is 0.0367. The smallest absolute Gasteiger partial charge is 0.295 e. The Morgan fingerprint density at radius 1 is 0.964 bits per heavy atom. The first kappa shape index (κ1) is 19.0. The van der Waals surface area contributed by atoms with E-state index in [0.29, 0.717) is 17.2 Å². The van der Waals surface area contributed by atoms with Crippen LogP contribution in [0.25, 0.3) is 0 Å². The van der Waals surface area contributed by atoms with E-state index in [2.05, 4.69) is 5.32 Å². The molecule has 28 heavy (non-hydrogen) atoms. The molecule has 3 rings (SSSR count). The van der Waals surface area contributed by atoms with Crippen LogP contribution in [0.3, 0.4) is 0 Å². The molecule has 144 valence electrons. The molecule has 1 aromatic heterocycles. The average molecular weight is 380 g/mol. The van der Waals surface area contributed by atoms with E-state index in [1.807, 2.05) is 30.3 Å². The number of hydrogen-bond acceptors (Lipinski definition) is 5. The van der Waals surface area contributed by atoms with Gasteiger partial charge in [-0.2, -0.15) is 4.73 Å². The minimum atomic E-state index is -0.546. The number of pyridine rings is 1. The van der Waals surface area contributed by atoms with Crippen LogP contribution < -0.4 is 25.2 Å². The maximum Gasteiger partial charge on any atom is 0.295 e. The third kappa shape index (κ3) is 4.32. The molecule has 0 aliphatic rings. The minimum Gasteiger partial charge on any atom is -0.493 e. The van der Waals surface area contributed by atoms with Gasteiger partial charge >= 0.3 is 0 Å². The van der Waals surface area contributed by atoms with Crippen LogP contribution in [-0.2, 0) is 6.61 Å². The first-order valence-electron chi connectivity index (χ1n) is 8.54. The molecular formula is C21H20N2O5. The van der Waals surface area contributed by atoms with Gasteiger partial charge in [-0.3, -0.25) is 9.59 Å². The molecule has 0 aliphatic heterocycles. The third-order valence-corrected chi connectivity index (χ3v) is 4.01. The van der Waals surface area contributed by atoms with Crippen molar-refractivity contribution < 1.29 is 19.1 Å². The van der Waals surface area contributed by atoms with Gasteiger partial charge in [-0.25, -0.2) is 0 Å². The molecule has 0 unspecified atom stereocenters. The first-order valence-corrected chi connectivity index (χ1v) is 8.54. The van der Waals surface area contributed by atoms with Gasteiger partial charge in [0.2, 0.25) is 0 Å². The van der Waals surface area contributed by atoms with Crippen molar-refractivity contribution in [2.24, 2.45) is 0 Å². The molecule has 1 N–H and O–H groups in total. The van der Waals surface area contributed by atoms with Gasteiger partial charge in [0.1, 0.15) is 12.2 Å². The molecule has 1 amide bonds. The van der Waals surface area contributed by atoms with Crippen molar-refractivity contribution in [1.29, 1.82) is 0 Å². The molecule has 0 fully saturated rings. The van der Waals surface area contributed by atoms with Crippen molar-refractivity contribution in [2.75, 3.05) is 19.5 Å². The number of rotatable bonds is 7. The van der Waals surface area contributed by atoms with Crippen LogP contribution in [0.5, 0.6) is 11.5 Å². The summed E-state index contributed by atoms with van der Waals surface area (Å²) >= 11 is 0. The molecule has 1 heterocycles. The lowest BCUT2D eigenvalue weighted by atomic mass is 10.2. The number of hydrogen-bond donors (Lipinski definition) is 1. The van der Waals surface area contributed by atoms with E-state index in [9.17, 15) is 9.59 Å². The normalized spacial score (nSPS) is 10.2. The van der Waals surface area contributed by atoms with E-state index in [-0.39, 0.29) is 12.2 Å². The number of carbonyl (C=O) groups is 1. The van der Waals surface area contributed by atoms with Gasteiger partial charge < -0.3 is 19.6 Å². The lowest BCUT2D eigenvalue weighted by molar-refractivity contribution is 0.0863. The van der Waals surface area contributed by atoms with Crippen molar-refractivity contribution in [3.8, 4) is 11.5 Å². The Balaban J connectivity index is 1.76. The van der Waals surface area contributed by atoms with E-state index in [1.165, 1.54) is 26.5 Å². The topological polar surface area (TPSA) is 78.8 Å². The Bertz CT molecular complexity index is 1010. The number of amides is 1. The standard InChI is InChI=1S/C21H20N2O5/c1-26-18-11-10-16(13-19(18)27-2)22-20(24)17-9-6-12-23(21(17)25)28-14-15-7-4-3-5-8-15/h3-13H,14H2,1-2H3,(H,22,24). The van der Waals surface area contributed by atoms with Gasteiger partial charge in [-0.1, -0.05) is 30.3 Å². The zero-order valence-corrected chi connectivity index (χ0v) is 15.5. The summed E-state index contributed by atoms with van der Waals surface area (Å²) in [5.41, 5.74) is 0.805. The van der Waals surface area contributed by atoms with Crippen molar-refractivity contribution >= 4 is 11.6 Å². The van der Waals surface area contributed by atoms with Crippen LogP contribution in [-0.4, -0.2) is 24.9 Å². The highest BCUT2D eigenvalue weighted by Gasteiger charge is 2.14. The fraction of sp³-hybridized carbons (Fsp3) is 0.143. The summed E-state index contributed by atoms with van der Waals surface area (Å²) in [5, 5.41) is 2.68. The number of aromatic nitrogens is 1. The number of nitrogens with one attached hydrogen (secondary N) is 1. The highest BCUT2D eigenvalue weighted by Crippen LogP contribution is 2.29. The maximum atomic E-state index is 12.6. The summed E-state index contributed by atoms with van der Waals surface area (Å²) < 4.78 is 11.4. The Morgan fingerprint density at radius 3 is 2.43 bits per heavy atom. The zero-order valence-electron chi connectivity index (χ0n) is 15.5. The summed E-state index contributed by atoms with van der Waals surface area (Å²) in [4.78, 5) is 30.7. The number of carbonyl (C=O) groups excluding carboxylic acids is 1. The van der Waals surface area contributed by atoms with Crippen LogP contribution in [0, 0.1) is 0 Å². The molecule has 0 spiro atoms. The summed E-state index contributed by atoms with van der Waals surface area (Å²) in [6, 6.07) is 17.4. The molecule has 0 radical (unpaired) electrons. The average Bonchev–Trinajstić information content (AvgIpc) is 2.73. The lowest BCUT2D eigenvalue weighted by Crippen LogP contribution is -2.32. The Morgan fingerprint density at radius 2 is 1.71 bits per heavy atom. The number of anilines is 1. The number of nitrogens with zero attached hydrogens (tertiary/aromatic N) is 1. The fourth-order valence-corrected chi connectivity index (χ4v) is 2.58. The Labute approximate surface area is 162 Å². The number of benzene rings is 2. The van der Waals surface area contributed by atoms with Crippen LogP contribution in [0.2, 0.25) is 0 Å². The van der Waals surface area contributed by atoms with Gasteiger partial charge in [0.25, 0.3) is 11.5 Å². The highest BCUT2D eigenvalue weighted by molar-refractivity contribution is 6.04. The Kier molecular flexibility index (Phi) is 5.96. The maximum absolute atomic E-state index is 12.6. The highest BCUT2D eigenvalue weighted by atomic mass is 16.7. The van der Waals surface area contributed by atoms with E-state index < -0.39 is 11.5 Å². The fourth-order valence-electron chi connectivity index (χ4n) is 2.58. The molecule has 0 aliphatic carbocycles. The van der Waals surface area contributed by atoms with E-state index >= 15 is 0 Å². The van der Waals surface area contributed by atoms with Crippen LogP contribution in [0.1, 0.15) is 15.9 Å². The summed E-state index contributed by atoms with van der Waals surface area (Å²) in [7, 11) is 3.03. The van der Waals surface area contributed by atoms with E-state index in [0.717, 1.165) is 10.3 Å². The molecular weight excluding hydrogens is 360 g/mol. The van der Waals surface area contributed by atoms with Crippen molar-refractivity contribution in [1.82, 2.24) is 4.73 Å². The van der Waals surface area contributed by atoms with Gasteiger partial charge in [-0.15, -0.1) is 0 Å². The lowest BCUT2D eigenvalue weighted by Gasteiger charge is -2.12. The molecule has 2 aromatic carbocycles. The SMILES string of the molecule is COc1ccc(NC(=O)c2cccn(OCc3ccccc3)c2=O)cc1OC. The first-order chi connectivity index (χ1) is 13.6. The zero-order chi connectivity index (χ0) is 19.9. The number of ether oxygens (including phenoxy) is 2. The molecule has 0 bridgehead atoms. The van der Waals surface area contributed by atoms with Crippen molar-refractivity contribution in [2.45, 2.75) is 6.61 Å². The number of methoxy groups -OCH3 is 2. The van der Waals surface area contributed by atoms with E-state index in [1.54, 1.807) is 24.3 Å². The second-order valence-electron chi connectivity index (χ2n) is 5.84. The summed E-state index contributed by atoms with van der Waals surface area (Å²) in [6.45, 7) is 0.210.